The molecule has 4 bridgehead atoms. The molecule has 0 N–H and O–H groups in total. The zero-order valence-corrected chi connectivity index (χ0v) is 9.26. The van der Waals surface area contributed by atoms with Crippen molar-refractivity contribution in [2.24, 2.45) is 10.8 Å². The van der Waals surface area contributed by atoms with E-state index in [0.29, 0.717) is 32.0 Å². The van der Waals surface area contributed by atoms with E-state index < -0.39 is 11.2 Å². The Bertz CT molecular complexity index is 313. The molecule has 0 aliphatic carbocycles. The Hall–Kier alpha value is -0.260. The number of hydrogen-bond acceptors (Lipinski definition) is 2. The maximum Gasteiger partial charge on any atom is 0.172 e. The monoisotopic (exact) mass is 214 g/mol. The largest absolute Gasteiger partial charge is 0.298 e. The van der Waals surface area contributed by atoms with Gasteiger partial charge in [-0.1, -0.05) is 13.8 Å². The number of nitrogens with zero attached hydrogens (tertiary/aromatic N) is 2. The van der Waals surface area contributed by atoms with Gasteiger partial charge >= 0.3 is 0 Å². The summed E-state index contributed by atoms with van der Waals surface area (Å²) in [6.07, 6.45) is 0. The van der Waals surface area contributed by atoms with Crippen molar-refractivity contribution < 1.29 is 9.00 Å². The third-order valence-electron chi connectivity index (χ3n) is 3.64. The predicted molar refractivity (Wildman–Crippen MR) is 52.5 cm³/mol. The van der Waals surface area contributed by atoms with Gasteiger partial charge in [-0.25, -0.2) is 12.8 Å². The Morgan fingerprint density at radius 3 is 1.79 bits per heavy atom. The molecule has 0 unspecified atom stereocenters. The lowest BCUT2D eigenvalue weighted by atomic mass is 9.65. The molecule has 0 radical (unpaired) electrons. The van der Waals surface area contributed by atoms with Crippen LogP contribution in [0.15, 0.2) is 0 Å². The molecule has 0 aromatic heterocycles. The van der Waals surface area contributed by atoms with Crippen LogP contribution >= 0.6 is 0 Å². The molecule has 0 amide bonds. The summed E-state index contributed by atoms with van der Waals surface area (Å²) in [6, 6.07) is 0. The van der Waals surface area contributed by atoms with Crippen LogP contribution in [0.3, 0.4) is 0 Å². The van der Waals surface area contributed by atoms with Gasteiger partial charge in [0.2, 0.25) is 0 Å². The molecule has 4 heterocycles. The molecule has 4 nitrogen and oxygen atoms in total. The molecule has 4 aliphatic heterocycles. The van der Waals surface area contributed by atoms with Crippen LogP contribution in [0, 0.1) is 10.8 Å². The fraction of sp³-hybridized carbons (Fsp3) is 0.889. The van der Waals surface area contributed by atoms with Crippen molar-refractivity contribution in [3.63, 3.8) is 0 Å². The summed E-state index contributed by atoms with van der Waals surface area (Å²) in [5.74, 6) is 0.370. The van der Waals surface area contributed by atoms with Crippen LogP contribution in [-0.2, 0) is 16.0 Å². The van der Waals surface area contributed by atoms with Gasteiger partial charge in [0.1, 0.15) is 5.78 Å². The molecular weight excluding hydrogens is 200 g/mol. The molecule has 78 valence electrons. The lowest BCUT2D eigenvalue weighted by Gasteiger charge is -2.59. The van der Waals surface area contributed by atoms with Gasteiger partial charge in [0.05, 0.1) is 10.8 Å². The van der Waals surface area contributed by atoms with E-state index in [9.17, 15) is 9.00 Å². The van der Waals surface area contributed by atoms with Crippen molar-refractivity contribution in [1.29, 1.82) is 0 Å². The van der Waals surface area contributed by atoms with Gasteiger partial charge in [-0.15, -0.1) is 0 Å². The van der Waals surface area contributed by atoms with E-state index in [4.69, 9.17) is 0 Å². The summed E-state index contributed by atoms with van der Waals surface area (Å²) in [6.45, 7) is 6.69. The normalized spacial score (nSPS) is 60.7. The van der Waals surface area contributed by atoms with E-state index in [1.807, 2.05) is 22.5 Å². The topological polar surface area (TPSA) is 40.6 Å². The molecule has 4 fully saturated rings. The number of ketones is 1. The maximum atomic E-state index is 12.2. The van der Waals surface area contributed by atoms with Crippen molar-refractivity contribution >= 4 is 17.0 Å². The summed E-state index contributed by atoms with van der Waals surface area (Å²) in [4.78, 5) is 12.2. The van der Waals surface area contributed by atoms with Gasteiger partial charge in [-0.2, -0.15) is 0 Å². The number of hydrogen-bond donors (Lipinski definition) is 0. The molecule has 0 atom stereocenters. The fourth-order valence-electron chi connectivity index (χ4n) is 3.17. The van der Waals surface area contributed by atoms with Gasteiger partial charge in [-0.05, 0) is 0 Å². The number of carbonyl (C=O) groups is 1. The molecule has 4 saturated heterocycles. The van der Waals surface area contributed by atoms with Crippen molar-refractivity contribution in [2.45, 2.75) is 13.8 Å². The van der Waals surface area contributed by atoms with Crippen LogP contribution in [0.2, 0.25) is 0 Å². The molecular formula is C9H14N2O2S. The Labute approximate surface area is 86.0 Å². The van der Waals surface area contributed by atoms with E-state index in [-0.39, 0.29) is 10.8 Å². The number of carbonyl (C=O) groups excluding carboxylic acids is 1. The summed E-state index contributed by atoms with van der Waals surface area (Å²) >= 11 is -0.979. The molecule has 0 aromatic rings. The lowest BCUT2D eigenvalue weighted by Crippen LogP contribution is -2.74. The summed E-state index contributed by atoms with van der Waals surface area (Å²) < 4.78 is 15.7. The van der Waals surface area contributed by atoms with Crippen molar-refractivity contribution in [2.75, 3.05) is 26.2 Å². The fourth-order valence-corrected chi connectivity index (χ4v) is 5.08. The minimum Gasteiger partial charge on any atom is -0.298 e. The van der Waals surface area contributed by atoms with Gasteiger partial charge in [0, 0.05) is 26.2 Å². The number of piperidine rings is 2. The highest BCUT2D eigenvalue weighted by atomic mass is 32.2. The third-order valence-corrected chi connectivity index (χ3v) is 5.04. The number of Topliss-reactive ketones (excluding diaryl/α,β-unsaturated/α-hetero) is 1. The van der Waals surface area contributed by atoms with Crippen LogP contribution in [0.5, 0.6) is 0 Å². The first-order valence-electron chi connectivity index (χ1n) is 4.92. The van der Waals surface area contributed by atoms with Gasteiger partial charge in [0.25, 0.3) is 0 Å². The molecule has 0 saturated carbocycles. The van der Waals surface area contributed by atoms with Crippen molar-refractivity contribution in [1.82, 2.24) is 8.61 Å². The second-order valence-electron chi connectivity index (χ2n) is 5.28. The lowest BCUT2D eigenvalue weighted by molar-refractivity contribution is -0.153. The van der Waals surface area contributed by atoms with E-state index in [2.05, 4.69) is 0 Å². The van der Waals surface area contributed by atoms with E-state index in [1.165, 1.54) is 0 Å². The molecule has 0 spiro atoms. The average molecular weight is 214 g/mol. The van der Waals surface area contributed by atoms with E-state index >= 15 is 0 Å². The van der Waals surface area contributed by atoms with E-state index in [0.717, 1.165) is 0 Å². The first-order chi connectivity index (χ1) is 6.45. The van der Waals surface area contributed by atoms with E-state index in [1.54, 1.807) is 0 Å². The predicted octanol–water partition coefficient (Wildman–Crippen LogP) is -0.208. The van der Waals surface area contributed by atoms with Gasteiger partial charge in [-0.3, -0.25) is 4.79 Å². The van der Waals surface area contributed by atoms with Crippen LogP contribution < -0.4 is 0 Å². The summed E-state index contributed by atoms with van der Waals surface area (Å²) in [5, 5.41) is 0. The average Bonchev–Trinajstić information content (AvgIpc) is 2.07. The number of rotatable bonds is 0. The molecule has 14 heavy (non-hydrogen) atoms. The Morgan fingerprint density at radius 1 is 1.07 bits per heavy atom. The Kier molecular flexibility index (Phi) is 1.47. The van der Waals surface area contributed by atoms with Crippen molar-refractivity contribution in [3.8, 4) is 0 Å². The summed E-state index contributed by atoms with van der Waals surface area (Å²) in [5.41, 5.74) is -0.557. The quantitative estimate of drug-likeness (QED) is 0.560. The minimum atomic E-state index is -0.979. The second-order valence-corrected chi connectivity index (χ2v) is 6.77. The molecule has 4 aliphatic rings. The Morgan fingerprint density at radius 2 is 1.43 bits per heavy atom. The highest BCUT2D eigenvalue weighted by Crippen LogP contribution is 2.47. The molecule has 5 heteroatoms. The maximum absolute atomic E-state index is 12.2. The molecule has 0 aromatic carbocycles. The highest BCUT2D eigenvalue weighted by molar-refractivity contribution is 7.80. The molecule has 4 rings (SSSR count). The first-order valence-corrected chi connectivity index (χ1v) is 5.98. The zero-order chi connectivity index (χ0) is 10.1. The van der Waals surface area contributed by atoms with Crippen LogP contribution in [0.4, 0.5) is 0 Å². The second kappa shape index (κ2) is 2.28. The summed E-state index contributed by atoms with van der Waals surface area (Å²) in [7, 11) is 0. The van der Waals surface area contributed by atoms with Crippen LogP contribution in [-0.4, -0.2) is 44.8 Å². The smallest absolute Gasteiger partial charge is 0.172 e. The zero-order valence-electron chi connectivity index (χ0n) is 8.45. The first kappa shape index (κ1) is 9.00. The Balaban J connectivity index is 2.11. The van der Waals surface area contributed by atoms with Crippen molar-refractivity contribution in [3.05, 3.63) is 0 Å². The third kappa shape index (κ3) is 0.857. The SMILES string of the molecule is CC12CN3CC(C)(CN(C1)S3=O)C2=O. The highest BCUT2D eigenvalue weighted by Gasteiger charge is 2.61. The van der Waals surface area contributed by atoms with Crippen LogP contribution in [0.1, 0.15) is 13.8 Å². The van der Waals surface area contributed by atoms with Gasteiger partial charge in [0.15, 0.2) is 11.2 Å². The standard InChI is InChI=1S/C9H14N2O2S/c1-8-3-10-5-9(2,7(8)12)6-11(4-8)14(10)13/h3-6H2,1-2H3. The van der Waals surface area contributed by atoms with Crippen LogP contribution in [0.25, 0.3) is 0 Å². The van der Waals surface area contributed by atoms with Gasteiger partial charge < -0.3 is 0 Å². The minimum absolute atomic E-state index is 0.279.